The van der Waals surface area contributed by atoms with Gasteiger partial charge in [-0.3, -0.25) is 5.32 Å². The van der Waals surface area contributed by atoms with Crippen LogP contribution in [-0.2, 0) is 0 Å². The molecular weight excluding hydrogens is 136 g/mol. The summed E-state index contributed by atoms with van der Waals surface area (Å²) in [4.78, 5) is 2.07. The summed E-state index contributed by atoms with van der Waals surface area (Å²) in [6.07, 6.45) is 0. The normalized spacial score (nSPS) is 9.36. The van der Waals surface area contributed by atoms with Crippen molar-refractivity contribution in [1.82, 2.24) is 5.32 Å². The Morgan fingerprint density at radius 1 is 1.09 bits per heavy atom. The zero-order valence-electron chi connectivity index (χ0n) is 7.20. The van der Waals surface area contributed by atoms with Crippen molar-refractivity contribution in [3.63, 3.8) is 0 Å². The molecule has 0 N–H and O–H groups in total. The van der Waals surface area contributed by atoms with E-state index in [4.69, 9.17) is 0 Å². The third kappa shape index (κ3) is 1.87. The molecule has 59 valence electrons. The maximum atomic E-state index is 4.05. The van der Waals surface area contributed by atoms with Gasteiger partial charge in [-0.15, -0.1) is 0 Å². The highest BCUT2D eigenvalue weighted by atomic mass is 15.1. The average molecular weight is 149 g/mol. The van der Waals surface area contributed by atoms with Gasteiger partial charge in [-0.1, -0.05) is 0 Å². The van der Waals surface area contributed by atoms with E-state index in [-0.39, 0.29) is 0 Å². The van der Waals surface area contributed by atoms with Gasteiger partial charge in [-0.25, -0.2) is 0 Å². The Morgan fingerprint density at radius 3 is 2.00 bits per heavy atom. The van der Waals surface area contributed by atoms with Gasteiger partial charge in [0.15, 0.2) is 0 Å². The molecule has 0 aliphatic rings. The van der Waals surface area contributed by atoms with Crippen molar-refractivity contribution in [2.75, 3.05) is 26.0 Å². The van der Waals surface area contributed by atoms with Crippen LogP contribution in [0, 0.1) is 0 Å². The quantitative estimate of drug-likeness (QED) is 0.624. The fourth-order valence-electron chi connectivity index (χ4n) is 0.900. The summed E-state index contributed by atoms with van der Waals surface area (Å²) in [5.74, 6) is 0. The first-order chi connectivity index (χ1) is 5.24. The van der Waals surface area contributed by atoms with Gasteiger partial charge in [0.2, 0.25) is 0 Å². The Labute approximate surface area is 67.8 Å². The van der Waals surface area contributed by atoms with Gasteiger partial charge in [-0.05, 0) is 24.3 Å². The Bertz CT molecular complexity index is 214. The number of rotatable bonds is 2. The predicted molar refractivity (Wildman–Crippen MR) is 48.5 cm³/mol. The van der Waals surface area contributed by atoms with Gasteiger partial charge >= 0.3 is 0 Å². The average Bonchev–Trinajstić information content (AvgIpc) is 2.05. The molecule has 2 heteroatoms. The van der Waals surface area contributed by atoms with Crippen molar-refractivity contribution in [2.24, 2.45) is 0 Å². The lowest BCUT2D eigenvalue weighted by molar-refractivity contribution is 1.08. The van der Waals surface area contributed by atoms with Crippen molar-refractivity contribution in [3.05, 3.63) is 24.3 Å². The molecule has 0 aliphatic heterocycles. The Balaban J connectivity index is 2.83. The molecule has 0 bridgehead atoms. The van der Waals surface area contributed by atoms with Gasteiger partial charge in [0.05, 0.1) is 5.69 Å². The molecule has 0 amide bonds. The fraction of sp³-hybridized carbons (Fsp3) is 0.333. The van der Waals surface area contributed by atoms with Gasteiger partial charge in [0.25, 0.3) is 0 Å². The van der Waals surface area contributed by atoms with Crippen molar-refractivity contribution in [1.29, 1.82) is 0 Å². The lowest BCUT2D eigenvalue weighted by Gasteiger charge is -2.11. The Kier molecular flexibility index (Phi) is 2.36. The van der Waals surface area contributed by atoms with Gasteiger partial charge < -0.3 is 4.90 Å². The number of hydrogen-bond acceptors (Lipinski definition) is 1. The van der Waals surface area contributed by atoms with E-state index >= 15 is 0 Å². The van der Waals surface area contributed by atoms with Crippen molar-refractivity contribution in [2.45, 2.75) is 0 Å². The predicted octanol–water partition coefficient (Wildman–Crippen LogP) is 1.62. The first kappa shape index (κ1) is 7.92. The van der Waals surface area contributed by atoms with Crippen LogP contribution in [0.3, 0.4) is 0 Å². The first-order valence-corrected chi connectivity index (χ1v) is 3.61. The molecule has 0 atom stereocenters. The van der Waals surface area contributed by atoms with Gasteiger partial charge in [0, 0.05) is 26.8 Å². The second kappa shape index (κ2) is 3.28. The lowest BCUT2D eigenvalue weighted by Crippen LogP contribution is -2.07. The summed E-state index contributed by atoms with van der Waals surface area (Å²) in [5, 5.41) is 4.05. The maximum absolute atomic E-state index is 4.05. The van der Waals surface area contributed by atoms with E-state index in [0.717, 1.165) is 5.69 Å². The van der Waals surface area contributed by atoms with Crippen LogP contribution in [0.4, 0.5) is 11.4 Å². The van der Waals surface area contributed by atoms with Crippen molar-refractivity contribution < 1.29 is 0 Å². The largest absolute Gasteiger partial charge is 0.378 e. The second-order valence-electron chi connectivity index (χ2n) is 2.63. The highest BCUT2D eigenvalue weighted by Crippen LogP contribution is 2.14. The van der Waals surface area contributed by atoms with E-state index in [2.05, 4.69) is 22.3 Å². The molecule has 1 aromatic carbocycles. The van der Waals surface area contributed by atoms with E-state index in [1.807, 2.05) is 26.2 Å². The third-order valence-corrected chi connectivity index (χ3v) is 1.62. The van der Waals surface area contributed by atoms with Crippen LogP contribution in [0.25, 0.3) is 0 Å². The van der Waals surface area contributed by atoms with Crippen LogP contribution < -0.4 is 10.2 Å². The van der Waals surface area contributed by atoms with Crippen LogP contribution in [0.1, 0.15) is 0 Å². The molecule has 0 spiro atoms. The van der Waals surface area contributed by atoms with Crippen LogP contribution in [-0.4, -0.2) is 21.1 Å². The van der Waals surface area contributed by atoms with Gasteiger partial charge in [0.1, 0.15) is 0 Å². The van der Waals surface area contributed by atoms with Crippen LogP contribution >= 0.6 is 0 Å². The summed E-state index contributed by atoms with van der Waals surface area (Å²) in [6, 6.07) is 8.13. The molecule has 0 aliphatic carbocycles. The van der Waals surface area contributed by atoms with E-state index in [1.54, 1.807) is 7.05 Å². The molecule has 1 rings (SSSR count). The molecule has 0 aromatic heterocycles. The molecule has 1 aromatic rings. The van der Waals surface area contributed by atoms with Crippen LogP contribution in [0.15, 0.2) is 24.3 Å². The summed E-state index contributed by atoms with van der Waals surface area (Å²) in [6.45, 7) is 0. The zero-order chi connectivity index (χ0) is 8.27. The Morgan fingerprint density at radius 2 is 1.64 bits per heavy atom. The molecule has 0 saturated heterocycles. The summed E-state index contributed by atoms with van der Waals surface area (Å²) in [7, 11) is 5.85. The fourth-order valence-corrected chi connectivity index (χ4v) is 0.900. The minimum atomic E-state index is 1.02. The highest BCUT2D eigenvalue weighted by Gasteiger charge is 1.93. The van der Waals surface area contributed by atoms with Crippen LogP contribution in [0.5, 0.6) is 0 Å². The summed E-state index contributed by atoms with van der Waals surface area (Å²) >= 11 is 0. The van der Waals surface area contributed by atoms with E-state index in [0.29, 0.717) is 0 Å². The van der Waals surface area contributed by atoms with Crippen LogP contribution in [0.2, 0.25) is 0 Å². The molecule has 0 unspecified atom stereocenters. The van der Waals surface area contributed by atoms with E-state index < -0.39 is 0 Å². The summed E-state index contributed by atoms with van der Waals surface area (Å²) < 4.78 is 0. The number of anilines is 1. The maximum Gasteiger partial charge on any atom is 0.0572 e. The minimum Gasteiger partial charge on any atom is -0.378 e. The first-order valence-electron chi connectivity index (χ1n) is 3.61. The van der Waals surface area contributed by atoms with E-state index in [1.165, 1.54) is 5.69 Å². The second-order valence-corrected chi connectivity index (χ2v) is 2.63. The minimum absolute atomic E-state index is 1.02. The van der Waals surface area contributed by atoms with Crippen molar-refractivity contribution in [3.8, 4) is 0 Å². The standard InChI is InChI=1S/C9H13N2/c1-10-8-4-6-9(7-5-8)11(2)3/h4-7H,1-3H3. The molecule has 0 saturated carbocycles. The number of nitrogens with zero attached hydrogens (tertiary/aromatic N) is 2. The third-order valence-electron chi connectivity index (χ3n) is 1.62. The van der Waals surface area contributed by atoms with E-state index in [9.17, 15) is 0 Å². The monoisotopic (exact) mass is 149 g/mol. The SMILES string of the molecule is C[N]c1ccc(N(C)C)cc1. The summed E-state index contributed by atoms with van der Waals surface area (Å²) in [5.41, 5.74) is 2.23. The molecule has 1 radical (unpaired) electrons. The lowest BCUT2D eigenvalue weighted by atomic mass is 10.3. The number of hydrogen-bond donors (Lipinski definition) is 0. The van der Waals surface area contributed by atoms with Crippen molar-refractivity contribution >= 4 is 11.4 Å². The van der Waals surface area contributed by atoms with Gasteiger partial charge in [-0.2, -0.15) is 0 Å². The molecule has 2 nitrogen and oxygen atoms in total. The molecule has 11 heavy (non-hydrogen) atoms. The topological polar surface area (TPSA) is 17.3 Å². The molecule has 0 heterocycles. The Hall–Kier alpha value is -1.18. The molecular formula is C9H13N2. The highest BCUT2D eigenvalue weighted by molar-refractivity contribution is 5.51. The number of benzene rings is 1. The zero-order valence-corrected chi connectivity index (χ0v) is 7.20. The molecule has 0 fully saturated rings. The smallest absolute Gasteiger partial charge is 0.0572 e.